The molecule has 1 saturated carbocycles. The molecule has 1 fully saturated rings. The molecular weight excluding hydrogens is 431 g/mol. The first-order valence-electron chi connectivity index (χ1n) is 11.8. The van der Waals surface area contributed by atoms with E-state index in [-0.39, 0.29) is 23.3 Å². The second-order valence-corrected chi connectivity index (χ2v) is 9.16. The molecule has 0 unspecified atom stereocenters. The normalized spacial score (nSPS) is 16.3. The number of fused-ring (bicyclic) bond motifs is 2. The number of rotatable bonds is 5. The minimum atomic E-state index is -0.261. The molecule has 4 aromatic rings. The number of hydrogen-bond donors (Lipinski definition) is 1. The summed E-state index contributed by atoms with van der Waals surface area (Å²) in [6.45, 7) is 1.18. The summed E-state index contributed by atoms with van der Waals surface area (Å²) in [7, 11) is 0. The fraction of sp³-hybridized carbons (Fsp3) is 0.296. The Hall–Kier alpha value is -3.74. The topological polar surface area (TPSA) is 71.0 Å². The smallest absolute Gasteiger partial charge is 0.261 e. The largest absolute Gasteiger partial charge is 0.360 e. The van der Waals surface area contributed by atoms with E-state index in [0.29, 0.717) is 42.7 Å². The standard InChI is InChI=1S/C27H25FN4O2/c28-18-5-8-20-22(16-29-24(20)15-18)17-11-13-31(14-12-17)26(33)10-9-25-30-23-4-2-1-3-21(23)27(34)32(25)19-6-7-19/h1-5,8,11,15-16,19,29H,6-7,9-10,12-14H2. The monoisotopic (exact) mass is 456 g/mol. The highest BCUT2D eigenvalue weighted by Gasteiger charge is 2.29. The number of aryl methyl sites for hydroxylation is 1. The fourth-order valence-electron chi connectivity index (χ4n) is 4.96. The Morgan fingerprint density at radius 1 is 1.15 bits per heavy atom. The van der Waals surface area contributed by atoms with Crippen LogP contribution in [-0.2, 0) is 11.2 Å². The summed E-state index contributed by atoms with van der Waals surface area (Å²) in [6.07, 6.45) is 7.50. The van der Waals surface area contributed by atoms with Crippen molar-refractivity contribution in [3.8, 4) is 0 Å². The van der Waals surface area contributed by atoms with Gasteiger partial charge in [-0.2, -0.15) is 0 Å². The Morgan fingerprint density at radius 2 is 2.00 bits per heavy atom. The van der Waals surface area contributed by atoms with Crippen LogP contribution in [0.5, 0.6) is 0 Å². The maximum Gasteiger partial charge on any atom is 0.261 e. The summed E-state index contributed by atoms with van der Waals surface area (Å²) in [4.78, 5) is 35.8. The zero-order valence-corrected chi connectivity index (χ0v) is 18.8. The maximum absolute atomic E-state index is 13.5. The van der Waals surface area contributed by atoms with E-state index in [0.717, 1.165) is 35.7 Å². The van der Waals surface area contributed by atoms with Gasteiger partial charge in [0.1, 0.15) is 11.6 Å². The second-order valence-electron chi connectivity index (χ2n) is 9.16. The Labute approximate surface area is 195 Å². The van der Waals surface area contributed by atoms with E-state index >= 15 is 0 Å². The number of halogens is 1. The zero-order valence-electron chi connectivity index (χ0n) is 18.8. The fourth-order valence-corrected chi connectivity index (χ4v) is 4.96. The number of nitrogens with zero attached hydrogens (tertiary/aromatic N) is 3. The average Bonchev–Trinajstić information content (AvgIpc) is 3.61. The molecule has 0 spiro atoms. The lowest BCUT2D eigenvalue weighted by molar-refractivity contribution is -0.130. The Kier molecular flexibility index (Phi) is 5.05. The number of carbonyl (C=O) groups excluding carboxylic acids is 1. The van der Waals surface area contributed by atoms with E-state index in [1.54, 1.807) is 6.07 Å². The highest BCUT2D eigenvalue weighted by atomic mass is 19.1. The Bertz CT molecular complexity index is 1510. The van der Waals surface area contributed by atoms with Gasteiger partial charge in [0.15, 0.2) is 0 Å². The van der Waals surface area contributed by atoms with Crippen LogP contribution in [0.3, 0.4) is 0 Å². The molecule has 1 N–H and O–H groups in total. The molecule has 1 amide bonds. The third-order valence-electron chi connectivity index (χ3n) is 6.91. The molecule has 2 aliphatic rings. The molecule has 2 aromatic carbocycles. The van der Waals surface area contributed by atoms with Gasteiger partial charge in [-0.15, -0.1) is 0 Å². The molecule has 0 saturated heterocycles. The molecule has 34 heavy (non-hydrogen) atoms. The van der Waals surface area contributed by atoms with Gasteiger partial charge in [0.25, 0.3) is 5.56 Å². The first kappa shape index (κ1) is 20.8. The molecule has 7 heteroatoms. The molecular formula is C27H25FN4O2. The van der Waals surface area contributed by atoms with Gasteiger partial charge in [0.2, 0.25) is 5.91 Å². The van der Waals surface area contributed by atoms with Crippen LogP contribution in [0.1, 0.15) is 43.1 Å². The number of hydrogen-bond acceptors (Lipinski definition) is 3. The van der Waals surface area contributed by atoms with Crippen molar-refractivity contribution in [3.05, 3.63) is 82.3 Å². The van der Waals surface area contributed by atoms with E-state index in [1.165, 1.54) is 17.7 Å². The maximum atomic E-state index is 13.5. The van der Waals surface area contributed by atoms with Crippen LogP contribution in [-0.4, -0.2) is 38.4 Å². The molecule has 0 atom stereocenters. The number of H-pyrrole nitrogens is 1. The second kappa shape index (κ2) is 8.24. The quantitative estimate of drug-likeness (QED) is 0.477. The van der Waals surface area contributed by atoms with Gasteiger partial charge in [-0.1, -0.05) is 18.2 Å². The van der Waals surface area contributed by atoms with Crippen molar-refractivity contribution < 1.29 is 9.18 Å². The lowest BCUT2D eigenvalue weighted by Crippen LogP contribution is -2.35. The van der Waals surface area contributed by atoms with E-state index < -0.39 is 0 Å². The van der Waals surface area contributed by atoms with Crippen LogP contribution in [0.4, 0.5) is 4.39 Å². The number of nitrogens with one attached hydrogen (secondary N) is 1. The molecule has 2 aromatic heterocycles. The number of amides is 1. The van der Waals surface area contributed by atoms with Gasteiger partial charge in [-0.25, -0.2) is 9.37 Å². The van der Waals surface area contributed by atoms with E-state index in [2.05, 4.69) is 11.1 Å². The van der Waals surface area contributed by atoms with Crippen molar-refractivity contribution in [2.24, 2.45) is 0 Å². The number of aromatic nitrogens is 3. The summed E-state index contributed by atoms with van der Waals surface area (Å²) >= 11 is 0. The first-order valence-corrected chi connectivity index (χ1v) is 11.8. The molecule has 3 heterocycles. The van der Waals surface area contributed by atoms with Crippen molar-refractivity contribution in [3.63, 3.8) is 0 Å². The average molecular weight is 457 g/mol. The number of benzene rings is 2. The van der Waals surface area contributed by atoms with Crippen LogP contribution < -0.4 is 5.56 Å². The highest BCUT2D eigenvalue weighted by Crippen LogP contribution is 2.35. The van der Waals surface area contributed by atoms with Gasteiger partial charge < -0.3 is 9.88 Å². The lowest BCUT2D eigenvalue weighted by atomic mass is 9.98. The number of aromatic amines is 1. The van der Waals surface area contributed by atoms with E-state index in [1.807, 2.05) is 39.9 Å². The minimum absolute atomic E-state index is 0.000271. The predicted octanol–water partition coefficient (Wildman–Crippen LogP) is 4.60. The molecule has 0 radical (unpaired) electrons. The summed E-state index contributed by atoms with van der Waals surface area (Å²) in [5.74, 6) is 0.517. The first-order chi connectivity index (χ1) is 16.6. The summed E-state index contributed by atoms with van der Waals surface area (Å²) < 4.78 is 15.3. The van der Waals surface area contributed by atoms with Crippen molar-refractivity contribution >= 4 is 33.3 Å². The van der Waals surface area contributed by atoms with E-state index in [4.69, 9.17) is 4.98 Å². The minimum Gasteiger partial charge on any atom is -0.360 e. The third-order valence-corrected chi connectivity index (χ3v) is 6.91. The van der Waals surface area contributed by atoms with Gasteiger partial charge in [-0.05, 0) is 55.2 Å². The molecule has 6 rings (SSSR count). The van der Waals surface area contributed by atoms with Crippen molar-refractivity contribution in [1.82, 2.24) is 19.4 Å². The molecule has 1 aliphatic carbocycles. The third kappa shape index (κ3) is 3.71. The van der Waals surface area contributed by atoms with Crippen molar-refractivity contribution in [2.75, 3.05) is 13.1 Å². The van der Waals surface area contributed by atoms with Crippen LogP contribution in [0, 0.1) is 5.82 Å². The number of para-hydroxylation sites is 1. The van der Waals surface area contributed by atoms with Crippen molar-refractivity contribution in [1.29, 1.82) is 0 Å². The molecule has 6 nitrogen and oxygen atoms in total. The van der Waals surface area contributed by atoms with Gasteiger partial charge in [0, 0.05) is 54.6 Å². The molecule has 0 bridgehead atoms. The molecule has 172 valence electrons. The lowest BCUT2D eigenvalue weighted by Gasteiger charge is -2.26. The van der Waals surface area contributed by atoms with Crippen LogP contribution in [0.15, 0.2) is 59.5 Å². The van der Waals surface area contributed by atoms with Gasteiger partial charge in [-0.3, -0.25) is 14.2 Å². The Balaban J connectivity index is 1.17. The van der Waals surface area contributed by atoms with Gasteiger partial charge >= 0.3 is 0 Å². The highest BCUT2D eigenvalue weighted by molar-refractivity contribution is 5.93. The predicted molar refractivity (Wildman–Crippen MR) is 130 cm³/mol. The summed E-state index contributed by atoms with van der Waals surface area (Å²) in [6, 6.07) is 12.4. The summed E-state index contributed by atoms with van der Waals surface area (Å²) in [5, 5.41) is 1.63. The molecule has 1 aliphatic heterocycles. The van der Waals surface area contributed by atoms with E-state index in [9.17, 15) is 14.0 Å². The van der Waals surface area contributed by atoms with Crippen LogP contribution in [0.25, 0.3) is 27.4 Å². The SMILES string of the molecule is O=C(CCc1nc2ccccc2c(=O)n1C1CC1)N1CC=C(c2c[nH]c3cc(F)ccc23)CC1. The number of carbonyl (C=O) groups is 1. The zero-order chi connectivity index (χ0) is 23.2. The van der Waals surface area contributed by atoms with Gasteiger partial charge in [0.05, 0.1) is 10.9 Å². The van der Waals surface area contributed by atoms with Crippen molar-refractivity contribution in [2.45, 2.75) is 38.1 Å². The Morgan fingerprint density at radius 3 is 2.79 bits per heavy atom. The van der Waals surface area contributed by atoms with Crippen LogP contribution >= 0.6 is 0 Å². The summed E-state index contributed by atoms with van der Waals surface area (Å²) in [5.41, 5.74) is 3.70. The van der Waals surface area contributed by atoms with Crippen LogP contribution in [0.2, 0.25) is 0 Å².